The fourth-order valence-electron chi connectivity index (χ4n) is 1.61. The summed E-state index contributed by atoms with van der Waals surface area (Å²) in [5, 5.41) is 0. The minimum atomic E-state index is -3.83. The zero-order valence-corrected chi connectivity index (χ0v) is 15.6. The highest BCUT2D eigenvalue weighted by Crippen LogP contribution is 2.25. The molecule has 0 aliphatic heterocycles. The van der Waals surface area contributed by atoms with Gasteiger partial charge in [-0.05, 0) is 53.8 Å². The van der Waals surface area contributed by atoms with Crippen LogP contribution < -0.4 is 0 Å². The Bertz CT molecular complexity index is 751. The second-order valence-corrected chi connectivity index (χ2v) is 7.42. The van der Waals surface area contributed by atoms with Crippen molar-refractivity contribution in [3.8, 4) is 0 Å². The summed E-state index contributed by atoms with van der Waals surface area (Å²) in [7, 11) is -3.83. The quantitative estimate of drug-likeness (QED) is 0.356. The van der Waals surface area contributed by atoms with Gasteiger partial charge in [0.05, 0.1) is 0 Å². The van der Waals surface area contributed by atoms with Crippen molar-refractivity contribution < 1.29 is 12.6 Å². The number of benzene rings is 2. The molecule has 0 saturated carbocycles. The molecule has 0 N–H and O–H groups in total. The molecule has 0 aliphatic carbocycles. The van der Waals surface area contributed by atoms with Gasteiger partial charge in [-0.1, -0.05) is 45.8 Å². The van der Waals surface area contributed by atoms with E-state index in [1.807, 2.05) is 41.6 Å². The van der Waals surface area contributed by atoms with Gasteiger partial charge in [0.2, 0.25) is 0 Å². The summed E-state index contributed by atoms with van der Waals surface area (Å²) < 4.78 is 32.3. The molecule has 2 aromatic rings. The van der Waals surface area contributed by atoms with Crippen LogP contribution in [0.2, 0.25) is 0 Å². The topological polar surface area (TPSA) is 43.4 Å². The summed E-state index contributed by atoms with van der Waals surface area (Å²) in [6.07, 6.45) is 0. The Kier molecular flexibility index (Phi) is 5.45. The van der Waals surface area contributed by atoms with Crippen molar-refractivity contribution >= 4 is 54.4 Å². The summed E-state index contributed by atoms with van der Waals surface area (Å²) in [5.74, 6) is 0.295. The van der Waals surface area contributed by atoms with Crippen molar-refractivity contribution in [3.05, 3.63) is 68.2 Å². The van der Waals surface area contributed by atoms with Crippen LogP contribution in [0.3, 0.4) is 0 Å². The fraction of sp³-hybridized carbons (Fsp3) is 0.0667. The fourth-order valence-corrected chi connectivity index (χ4v) is 3.48. The lowest BCUT2D eigenvalue weighted by atomic mass is 10.2. The zero-order chi connectivity index (χ0) is 15.5. The molecular weight excluding hydrogens is 467 g/mol. The molecule has 2 aromatic carbocycles. The molecule has 0 heterocycles. The maximum Gasteiger partial charge on any atom is 0.339 e. The van der Waals surface area contributed by atoms with Crippen LogP contribution in [0.4, 0.5) is 0 Å². The third-order valence-corrected chi connectivity index (χ3v) is 5.08. The van der Waals surface area contributed by atoms with E-state index in [4.69, 9.17) is 4.18 Å². The molecule has 0 radical (unpaired) electrons. The standard InChI is InChI=1S/C15H12BrIO3S/c1-11-2-8-14(9-3-11)21(18,19)20-15(10-17)12-4-6-13(16)7-5-12/h2-10H,1H3/b15-10+. The van der Waals surface area contributed by atoms with Gasteiger partial charge in [-0.15, -0.1) is 0 Å². The Labute approximate surface area is 146 Å². The number of rotatable bonds is 4. The Morgan fingerprint density at radius 3 is 2.19 bits per heavy atom. The van der Waals surface area contributed by atoms with Gasteiger partial charge in [-0.3, -0.25) is 0 Å². The van der Waals surface area contributed by atoms with E-state index in [0.717, 1.165) is 10.0 Å². The predicted octanol–water partition coefficient (Wildman–Crippen LogP) is 4.90. The molecule has 0 unspecified atom stereocenters. The van der Waals surface area contributed by atoms with Crippen LogP contribution in [0.25, 0.3) is 5.76 Å². The number of hydrogen-bond donors (Lipinski definition) is 0. The first-order valence-electron chi connectivity index (χ1n) is 6.00. The Balaban J connectivity index is 2.29. The van der Waals surface area contributed by atoms with Crippen LogP contribution >= 0.6 is 38.5 Å². The highest BCUT2D eigenvalue weighted by atomic mass is 127. The van der Waals surface area contributed by atoms with Gasteiger partial charge in [0.25, 0.3) is 0 Å². The van der Waals surface area contributed by atoms with Gasteiger partial charge in [-0.25, -0.2) is 0 Å². The maximum atomic E-state index is 12.3. The molecule has 0 bridgehead atoms. The summed E-state index contributed by atoms with van der Waals surface area (Å²) >= 11 is 5.30. The van der Waals surface area contributed by atoms with Crippen molar-refractivity contribution in [1.82, 2.24) is 0 Å². The number of hydrogen-bond acceptors (Lipinski definition) is 3. The summed E-state index contributed by atoms with van der Waals surface area (Å²) in [6, 6.07) is 13.8. The SMILES string of the molecule is Cc1ccc(S(=O)(=O)O/C(=C/I)c2ccc(Br)cc2)cc1. The van der Waals surface area contributed by atoms with Crippen LogP contribution in [0.1, 0.15) is 11.1 Å². The van der Waals surface area contributed by atoms with Crippen molar-refractivity contribution in [2.24, 2.45) is 0 Å². The summed E-state index contributed by atoms with van der Waals surface area (Å²) in [4.78, 5) is 0.140. The zero-order valence-electron chi connectivity index (χ0n) is 11.1. The first-order chi connectivity index (χ1) is 9.92. The van der Waals surface area contributed by atoms with Gasteiger partial charge >= 0.3 is 10.1 Å². The second-order valence-electron chi connectivity index (χ2n) is 4.33. The van der Waals surface area contributed by atoms with Crippen LogP contribution in [-0.4, -0.2) is 8.42 Å². The van der Waals surface area contributed by atoms with E-state index in [-0.39, 0.29) is 4.90 Å². The van der Waals surface area contributed by atoms with Gasteiger partial charge in [0, 0.05) is 14.1 Å². The van der Waals surface area contributed by atoms with Gasteiger partial charge in [0.15, 0.2) is 5.76 Å². The first kappa shape index (κ1) is 16.5. The Morgan fingerprint density at radius 1 is 1.10 bits per heavy atom. The van der Waals surface area contributed by atoms with Gasteiger partial charge in [0.1, 0.15) is 4.90 Å². The van der Waals surface area contributed by atoms with Crippen molar-refractivity contribution in [2.75, 3.05) is 0 Å². The highest BCUT2D eigenvalue weighted by molar-refractivity contribution is 14.1. The van der Waals surface area contributed by atoms with Crippen molar-refractivity contribution in [1.29, 1.82) is 0 Å². The lowest BCUT2D eigenvalue weighted by Gasteiger charge is -2.10. The normalized spacial score (nSPS) is 12.2. The van der Waals surface area contributed by atoms with Crippen molar-refractivity contribution in [3.63, 3.8) is 0 Å². The highest BCUT2D eigenvalue weighted by Gasteiger charge is 2.18. The van der Waals surface area contributed by atoms with Gasteiger partial charge < -0.3 is 4.18 Å². The van der Waals surface area contributed by atoms with E-state index in [1.54, 1.807) is 28.3 Å². The number of aryl methyl sites for hydroxylation is 1. The molecule has 0 aromatic heterocycles. The van der Waals surface area contributed by atoms with E-state index in [9.17, 15) is 8.42 Å². The van der Waals surface area contributed by atoms with E-state index in [1.165, 1.54) is 12.1 Å². The molecule has 0 amide bonds. The molecule has 2 rings (SSSR count). The smallest absolute Gasteiger partial charge is 0.339 e. The summed E-state index contributed by atoms with van der Waals surface area (Å²) in [5.41, 5.74) is 1.69. The van der Waals surface area contributed by atoms with Crippen LogP contribution in [0.5, 0.6) is 0 Å². The Hall–Kier alpha value is -0.860. The molecular formula is C15H12BrIO3S. The molecule has 21 heavy (non-hydrogen) atoms. The third kappa shape index (κ3) is 4.31. The number of halogens is 2. The summed E-state index contributed by atoms with van der Waals surface area (Å²) in [6.45, 7) is 1.90. The van der Waals surface area contributed by atoms with E-state index >= 15 is 0 Å². The van der Waals surface area contributed by atoms with Crippen LogP contribution in [0.15, 0.2) is 62.0 Å². The molecule has 0 aliphatic rings. The second kappa shape index (κ2) is 6.93. The molecule has 0 fully saturated rings. The lowest BCUT2D eigenvalue weighted by Crippen LogP contribution is -2.05. The third-order valence-electron chi connectivity index (χ3n) is 2.74. The first-order valence-corrected chi connectivity index (χ1v) is 9.44. The average Bonchev–Trinajstić information content (AvgIpc) is 2.46. The minimum Gasteiger partial charge on any atom is -0.378 e. The van der Waals surface area contributed by atoms with E-state index in [2.05, 4.69) is 15.9 Å². The monoisotopic (exact) mass is 478 g/mol. The molecule has 0 saturated heterocycles. The maximum absolute atomic E-state index is 12.3. The van der Waals surface area contributed by atoms with E-state index < -0.39 is 10.1 Å². The average molecular weight is 479 g/mol. The Morgan fingerprint density at radius 2 is 1.67 bits per heavy atom. The predicted molar refractivity (Wildman–Crippen MR) is 95.6 cm³/mol. The van der Waals surface area contributed by atoms with Crippen LogP contribution in [-0.2, 0) is 14.3 Å². The largest absolute Gasteiger partial charge is 0.378 e. The van der Waals surface area contributed by atoms with E-state index in [0.29, 0.717) is 11.3 Å². The van der Waals surface area contributed by atoms with Crippen molar-refractivity contribution in [2.45, 2.75) is 11.8 Å². The molecule has 0 atom stereocenters. The molecule has 110 valence electrons. The van der Waals surface area contributed by atoms with Crippen LogP contribution in [0, 0.1) is 6.92 Å². The molecule has 6 heteroatoms. The molecule has 0 spiro atoms. The lowest BCUT2D eigenvalue weighted by molar-refractivity contribution is 0.464. The molecule has 3 nitrogen and oxygen atoms in total. The minimum absolute atomic E-state index is 0.140. The van der Waals surface area contributed by atoms with Gasteiger partial charge in [-0.2, -0.15) is 8.42 Å².